The molecule has 2 rings (SSSR count). The van der Waals surface area contributed by atoms with Gasteiger partial charge in [-0.25, -0.2) is 0 Å². The third kappa shape index (κ3) is 4.01. The monoisotopic (exact) mass is 282 g/mol. The fourth-order valence-electron chi connectivity index (χ4n) is 2.77. The van der Waals surface area contributed by atoms with Crippen LogP contribution in [0, 0.1) is 16.0 Å². The van der Waals surface area contributed by atoms with E-state index in [1.807, 2.05) is 0 Å². The topological polar surface area (TPSA) is 93.2 Å². The fourth-order valence-corrected chi connectivity index (χ4v) is 2.77. The molecule has 0 amide bonds. The first-order chi connectivity index (χ1) is 9.56. The van der Waals surface area contributed by atoms with E-state index in [1.54, 1.807) is 0 Å². The fraction of sp³-hybridized carbons (Fsp3) is 0.769. The molecule has 1 unspecified atom stereocenters. The average Bonchev–Trinajstić information content (AvgIpc) is 3.06. The molecule has 0 bridgehead atoms. The minimum absolute atomic E-state index is 0.0514. The van der Waals surface area contributed by atoms with Crippen LogP contribution in [0.15, 0.2) is 12.4 Å². The molecule has 0 saturated heterocycles. The molecule has 0 aromatic carbocycles. The van der Waals surface area contributed by atoms with E-state index >= 15 is 0 Å². The first kappa shape index (κ1) is 14.9. The lowest BCUT2D eigenvalue weighted by molar-refractivity contribution is -0.385. The third-order valence-corrected chi connectivity index (χ3v) is 4.01. The highest BCUT2D eigenvalue weighted by molar-refractivity contribution is 5.20. The third-order valence-electron chi connectivity index (χ3n) is 4.01. The molecular formula is C13H22N4O3. The Morgan fingerprint density at radius 1 is 1.60 bits per heavy atom. The lowest BCUT2D eigenvalue weighted by Crippen LogP contribution is -2.39. The predicted octanol–water partition coefficient (Wildman–Crippen LogP) is 1.32. The molecule has 0 spiro atoms. The molecule has 2 atom stereocenters. The number of nitrogens with zero attached hydrogens (tertiary/aromatic N) is 3. The Morgan fingerprint density at radius 2 is 2.30 bits per heavy atom. The quantitative estimate of drug-likeness (QED) is 0.581. The molecule has 20 heavy (non-hydrogen) atoms. The second-order valence-corrected chi connectivity index (χ2v) is 5.57. The summed E-state index contributed by atoms with van der Waals surface area (Å²) in [4.78, 5) is 10.0. The Balaban J connectivity index is 1.73. The largest absolute Gasteiger partial charge is 0.390 e. The van der Waals surface area contributed by atoms with Crippen LogP contribution in [0.5, 0.6) is 0 Å². The Kier molecular flexibility index (Phi) is 5.08. The first-order valence-electron chi connectivity index (χ1n) is 7.14. The van der Waals surface area contributed by atoms with Crippen molar-refractivity contribution in [2.45, 2.75) is 51.3 Å². The summed E-state index contributed by atoms with van der Waals surface area (Å²) in [6.07, 6.45) is 7.06. The number of nitro groups is 1. The number of aromatic nitrogens is 2. The second kappa shape index (κ2) is 6.81. The van der Waals surface area contributed by atoms with Gasteiger partial charge in [-0.1, -0.05) is 12.8 Å². The molecule has 1 aromatic rings. The lowest BCUT2D eigenvalue weighted by Gasteiger charge is -2.22. The summed E-state index contributed by atoms with van der Waals surface area (Å²) in [5.74, 6) is 0.702. The standard InChI is InChI=1S/C13H22N4O3/c1-10(11-4-2-3-5-11)14-7-13(18)9-16-8-12(6-15-16)17(19)20/h6,8,10-11,13-14,18H,2-5,7,9H2,1H3/t10-,13?/m1/s1. The van der Waals surface area contributed by atoms with Gasteiger partial charge in [0.1, 0.15) is 12.4 Å². The van der Waals surface area contributed by atoms with Gasteiger partial charge in [0, 0.05) is 12.6 Å². The molecule has 1 aliphatic rings. The van der Waals surface area contributed by atoms with Crippen LogP contribution in [-0.2, 0) is 6.54 Å². The molecular weight excluding hydrogens is 260 g/mol. The predicted molar refractivity (Wildman–Crippen MR) is 74.3 cm³/mol. The summed E-state index contributed by atoms with van der Waals surface area (Å²) in [6.45, 7) is 2.89. The van der Waals surface area contributed by atoms with E-state index in [2.05, 4.69) is 17.3 Å². The highest BCUT2D eigenvalue weighted by Crippen LogP contribution is 2.27. The number of hydrogen-bond acceptors (Lipinski definition) is 5. The van der Waals surface area contributed by atoms with Crippen molar-refractivity contribution in [3.8, 4) is 0 Å². The van der Waals surface area contributed by atoms with Crippen LogP contribution in [0.4, 0.5) is 5.69 Å². The zero-order chi connectivity index (χ0) is 14.5. The summed E-state index contributed by atoms with van der Waals surface area (Å²) in [7, 11) is 0. The molecule has 0 radical (unpaired) electrons. The Hall–Kier alpha value is -1.47. The summed E-state index contributed by atoms with van der Waals surface area (Å²) in [5.41, 5.74) is -0.0514. The van der Waals surface area contributed by atoms with Crippen LogP contribution >= 0.6 is 0 Å². The molecule has 7 heteroatoms. The van der Waals surface area contributed by atoms with E-state index in [-0.39, 0.29) is 12.2 Å². The van der Waals surface area contributed by atoms with E-state index in [4.69, 9.17) is 0 Å². The molecule has 0 aliphatic heterocycles. The number of hydrogen-bond donors (Lipinski definition) is 2. The maximum atomic E-state index is 10.5. The maximum Gasteiger partial charge on any atom is 0.306 e. The van der Waals surface area contributed by atoms with Crippen molar-refractivity contribution in [1.29, 1.82) is 0 Å². The van der Waals surface area contributed by atoms with Gasteiger partial charge in [0.05, 0.1) is 17.6 Å². The van der Waals surface area contributed by atoms with Gasteiger partial charge in [-0.2, -0.15) is 5.10 Å². The van der Waals surface area contributed by atoms with Gasteiger partial charge < -0.3 is 10.4 Å². The van der Waals surface area contributed by atoms with Crippen LogP contribution in [-0.4, -0.2) is 38.5 Å². The van der Waals surface area contributed by atoms with Gasteiger partial charge in [0.15, 0.2) is 0 Å². The number of nitrogens with one attached hydrogen (secondary N) is 1. The molecule has 2 N–H and O–H groups in total. The zero-order valence-electron chi connectivity index (χ0n) is 11.7. The zero-order valence-corrected chi connectivity index (χ0v) is 11.7. The summed E-state index contributed by atoms with van der Waals surface area (Å²) in [6, 6.07) is 0.402. The van der Waals surface area contributed by atoms with Crippen LogP contribution in [0.3, 0.4) is 0 Å². The molecule has 7 nitrogen and oxygen atoms in total. The van der Waals surface area contributed by atoms with Crippen LogP contribution in [0.2, 0.25) is 0 Å². The van der Waals surface area contributed by atoms with Crippen molar-refractivity contribution < 1.29 is 10.0 Å². The van der Waals surface area contributed by atoms with Gasteiger partial charge in [0.25, 0.3) is 0 Å². The minimum atomic E-state index is -0.599. The van der Waals surface area contributed by atoms with Crippen molar-refractivity contribution in [3.63, 3.8) is 0 Å². The van der Waals surface area contributed by atoms with Gasteiger partial charge >= 0.3 is 5.69 Å². The van der Waals surface area contributed by atoms with E-state index in [1.165, 1.54) is 42.8 Å². The van der Waals surface area contributed by atoms with Crippen molar-refractivity contribution in [2.75, 3.05) is 6.54 Å². The van der Waals surface area contributed by atoms with E-state index in [9.17, 15) is 15.2 Å². The summed E-state index contributed by atoms with van der Waals surface area (Å²) >= 11 is 0. The van der Waals surface area contributed by atoms with Gasteiger partial charge in [-0.05, 0) is 25.7 Å². The van der Waals surface area contributed by atoms with Crippen LogP contribution in [0.1, 0.15) is 32.6 Å². The number of aliphatic hydroxyl groups excluding tert-OH is 1. The van der Waals surface area contributed by atoms with Crippen LogP contribution < -0.4 is 5.32 Å². The number of aliphatic hydroxyl groups is 1. The van der Waals surface area contributed by atoms with Crippen LogP contribution in [0.25, 0.3) is 0 Å². The van der Waals surface area contributed by atoms with E-state index < -0.39 is 11.0 Å². The van der Waals surface area contributed by atoms with E-state index in [0.717, 1.165) is 0 Å². The smallest absolute Gasteiger partial charge is 0.306 e. The van der Waals surface area contributed by atoms with Crippen molar-refractivity contribution >= 4 is 5.69 Å². The van der Waals surface area contributed by atoms with Gasteiger partial charge in [-0.3, -0.25) is 14.8 Å². The van der Waals surface area contributed by atoms with Crippen molar-refractivity contribution in [1.82, 2.24) is 15.1 Å². The molecule has 1 saturated carbocycles. The SMILES string of the molecule is C[C@@H](NCC(O)Cn1cc([N+](=O)[O-])cn1)C1CCCC1. The Labute approximate surface area is 118 Å². The van der Waals surface area contributed by atoms with Crippen molar-refractivity contribution in [3.05, 3.63) is 22.5 Å². The molecule has 112 valence electrons. The average molecular weight is 282 g/mol. The highest BCUT2D eigenvalue weighted by atomic mass is 16.6. The molecule has 1 aromatic heterocycles. The summed E-state index contributed by atoms with van der Waals surface area (Å²) < 4.78 is 1.41. The molecule has 1 fully saturated rings. The normalized spacial score (nSPS) is 19.1. The second-order valence-electron chi connectivity index (χ2n) is 5.57. The highest BCUT2D eigenvalue weighted by Gasteiger charge is 2.21. The lowest BCUT2D eigenvalue weighted by atomic mass is 10.00. The first-order valence-corrected chi connectivity index (χ1v) is 7.14. The van der Waals surface area contributed by atoms with Gasteiger partial charge in [0.2, 0.25) is 0 Å². The summed E-state index contributed by atoms with van der Waals surface area (Å²) in [5, 5.41) is 27.7. The molecule has 1 aliphatic carbocycles. The minimum Gasteiger partial charge on any atom is -0.390 e. The van der Waals surface area contributed by atoms with Crippen molar-refractivity contribution in [2.24, 2.45) is 5.92 Å². The van der Waals surface area contributed by atoms with E-state index in [0.29, 0.717) is 18.5 Å². The Bertz CT molecular complexity index is 443. The van der Waals surface area contributed by atoms with Gasteiger partial charge in [-0.15, -0.1) is 0 Å². The maximum absolute atomic E-state index is 10.5. The Morgan fingerprint density at radius 3 is 2.90 bits per heavy atom. The molecule has 1 heterocycles. The number of rotatable bonds is 7.